The summed E-state index contributed by atoms with van der Waals surface area (Å²) in [6.45, 7) is 1.59. The molecule has 1 aromatic carbocycles. The molecule has 0 aliphatic carbocycles. The Morgan fingerprint density at radius 2 is 2.30 bits per heavy atom. The van der Waals surface area contributed by atoms with Crippen molar-refractivity contribution in [2.75, 3.05) is 0 Å². The number of hydrogen-bond donors (Lipinski definition) is 2. The second kappa shape index (κ2) is 7.08. The van der Waals surface area contributed by atoms with Gasteiger partial charge in [-0.25, -0.2) is 5.43 Å². The molecule has 0 saturated heterocycles. The average Bonchev–Trinajstić information content (AvgIpc) is 2.96. The number of carbonyl (C=O) groups is 1. The summed E-state index contributed by atoms with van der Waals surface area (Å²) in [5, 5.41) is 34.2. The Morgan fingerprint density at radius 1 is 1.57 bits per heavy atom. The van der Waals surface area contributed by atoms with Crippen LogP contribution in [0.25, 0.3) is 0 Å². The lowest BCUT2D eigenvalue weighted by Gasteiger charge is -2.04. The van der Waals surface area contributed by atoms with E-state index in [2.05, 4.69) is 25.9 Å². The molecule has 0 radical (unpaired) electrons. The van der Waals surface area contributed by atoms with Gasteiger partial charge in [0.2, 0.25) is 0 Å². The minimum absolute atomic E-state index is 0.0133. The number of aromatic nitrogens is 4. The van der Waals surface area contributed by atoms with Gasteiger partial charge in [0.15, 0.2) is 0 Å². The molecule has 2 aromatic rings. The van der Waals surface area contributed by atoms with Crippen LogP contribution >= 0.6 is 22.6 Å². The fraction of sp³-hybridized carbons (Fsp3) is 0.182. The number of phenols is 1. The third kappa shape index (κ3) is 4.41. The molecule has 2 rings (SSSR count). The fourth-order valence-corrected chi connectivity index (χ4v) is 2.00. The molecule has 120 valence electrons. The van der Waals surface area contributed by atoms with E-state index in [1.165, 1.54) is 12.1 Å². The number of nitro groups is 1. The van der Waals surface area contributed by atoms with Gasteiger partial charge in [-0.15, -0.1) is 0 Å². The van der Waals surface area contributed by atoms with Gasteiger partial charge in [-0.1, -0.05) is 4.80 Å². The maximum atomic E-state index is 11.9. The largest absolute Gasteiger partial charge is 0.514 e. The van der Waals surface area contributed by atoms with Crippen molar-refractivity contribution in [1.82, 2.24) is 25.6 Å². The zero-order chi connectivity index (χ0) is 17.0. The van der Waals surface area contributed by atoms with Crippen molar-refractivity contribution < 1.29 is 14.8 Å². The highest BCUT2D eigenvalue weighted by atomic mass is 127. The second-order valence-electron chi connectivity index (χ2n) is 4.33. The molecular weight excluding hydrogens is 421 g/mol. The molecule has 11 nitrogen and oxygen atoms in total. The molecule has 0 aliphatic heterocycles. The van der Waals surface area contributed by atoms with Crippen molar-refractivity contribution in [1.29, 1.82) is 0 Å². The van der Waals surface area contributed by atoms with Gasteiger partial charge in [-0.3, -0.25) is 4.79 Å². The molecule has 1 aromatic heterocycles. The van der Waals surface area contributed by atoms with Crippen LogP contribution in [-0.4, -0.2) is 41.9 Å². The molecule has 0 spiro atoms. The van der Waals surface area contributed by atoms with Crippen molar-refractivity contribution in [3.05, 3.63) is 37.4 Å². The first-order chi connectivity index (χ1) is 10.9. The molecule has 12 heteroatoms. The minimum Gasteiger partial charge on any atom is -0.507 e. The highest BCUT2D eigenvalue weighted by Crippen LogP contribution is 2.19. The molecule has 2 N–H and O–H groups in total. The van der Waals surface area contributed by atoms with Gasteiger partial charge in [0.05, 0.1) is 21.5 Å². The van der Waals surface area contributed by atoms with E-state index < -0.39 is 16.8 Å². The second-order valence-corrected chi connectivity index (χ2v) is 5.57. The van der Waals surface area contributed by atoms with Crippen LogP contribution in [0.3, 0.4) is 0 Å². The van der Waals surface area contributed by atoms with Gasteiger partial charge in [-0.05, 0) is 52.6 Å². The number of hydrogen-bond acceptors (Lipinski definition) is 8. The molecule has 1 amide bonds. The molecule has 0 aliphatic rings. The van der Waals surface area contributed by atoms with E-state index in [9.17, 15) is 20.0 Å². The number of rotatable bonds is 5. The van der Waals surface area contributed by atoms with E-state index in [0.717, 1.165) is 8.37 Å². The van der Waals surface area contributed by atoms with Gasteiger partial charge >= 0.3 is 5.95 Å². The topological polar surface area (TPSA) is 148 Å². The molecule has 0 fully saturated rings. The number of tetrazole rings is 1. The number of nitrogens with one attached hydrogen (secondary N) is 1. The Labute approximate surface area is 142 Å². The predicted molar refractivity (Wildman–Crippen MR) is 85.9 cm³/mol. The van der Waals surface area contributed by atoms with E-state index in [1.807, 2.05) is 22.6 Å². The van der Waals surface area contributed by atoms with Crippen molar-refractivity contribution in [3.63, 3.8) is 0 Å². The predicted octanol–water partition coefficient (Wildman–Crippen LogP) is 0.697. The summed E-state index contributed by atoms with van der Waals surface area (Å²) in [6, 6.07) is 4.58. The van der Waals surface area contributed by atoms with Crippen LogP contribution in [0, 0.1) is 13.7 Å². The standard InChI is InChI=1S/C11H10IN7O4/c1-6(5-18-16-11(15-17-18)19(22)23)13-14-10(21)8-4-7(12)2-3-9(8)20/h2-4,20H,5H2,1H3,(H,14,21)/b13-6+. The molecule has 0 unspecified atom stereocenters. The van der Waals surface area contributed by atoms with Gasteiger partial charge in [0.1, 0.15) is 12.3 Å². The van der Waals surface area contributed by atoms with Crippen molar-refractivity contribution in [2.24, 2.45) is 5.10 Å². The summed E-state index contributed by atoms with van der Waals surface area (Å²) in [7, 11) is 0. The minimum atomic E-state index is -0.766. The van der Waals surface area contributed by atoms with E-state index in [0.29, 0.717) is 5.71 Å². The molecule has 0 bridgehead atoms. The van der Waals surface area contributed by atoms with Crippen molar-refractivity contribution in [3.8, 4) is 5.75 Å². The summed E-state index contributed by atoms with van der Waals surface area (Å²) in [5.41, 5.74) is 2.75. The van der Waals surface area contributed by atoms with Crippen LogP contribution < -0.4 is 5.43 Å². The SMILES string of the molecule is C/C(Cn1nnc([N+](=O)[O-])n1)=N\NC(=O)c1cc(I)ccc1O. The van der Waals surface area contributed by atoms with Gasteiger partial charge < -0.3 is 15.2 Å². The number of benzene rings is 1. The van der Waals surface area contributed by atoms with Gasteiger partial charge in [-0.2, -0.15) is 5.10 Å². The van der Waals surface area contributed by atoms with E-state index >= 15 is 0 Å². The van der Waals surface area contributed by atoms with E-state index in [1.54, 1.807) is 13.0 Å². The molecule has 0 atom stereocenters. The highest BCUT2D eigenvalue weighted by Gasteiger charge is 2.16. The van der Waals surface area contributed by atoms with Crippen molar-refractivity contribution in [2.45, 2.75) is 13.5 Å². The summed E-state index contributed by atoms with van der Waals surface area (Å²) >= 11 is 2.01. The smallest absolute Gasteiger partial charge is 0.507 e. The first kappa shape index (κ1) is 16.7. The van der Waals surface area contributed by atoms with Crippen LogP contribution in [0.15, 0.2) is 23.3 Å². The molecule has 23 heavy (non-hydrogen) atoms. The molecular formula is C11H10IN7O4. The number of hydrazone groups is 1. The summed E-state index contributed by atoms with van der Waals surface area (Å²) in [4.78, 5) is 22.6. The number of phenolic OH excluding ortho intramolecular Hbond substituents is 1. The third-order valence-corrected chi connectivity index (χ3v) is 3.20. The van der Waals surface area contributed by atoms with Crippen molar-refractivity contribution >= 4 is 40.2 Å². The number of halogens is 1. The number of nitrogens with zero attached hydrogens (tertiary/aromatic N) is 6. The Hall–Kier alpha value is -2.64. The van der Waals surface area contributed by atoms with Crippen LogP contribution in [0.1, 0.15) is 17.3 Å². The van der Waals surface area contributed by atoms with Crippen LogP contribution in [0.5, 0.6) is 5.75 Å². The molecule has 1 heterocycles. The van der Waals surface area contributed by atoms with Crippen LogP contribution in [0.4, 0.5) is 5.95 Å². The summed E-state index contributed by atoms with van der Waals surface area (Å²) < 4.78 is 0.783. The normalized spacial score (nSPS) is 11.3. The first-order valence-corrected chi connectivity index (χ1v) is 7.19. The van der Waals surface area contributed by atoms with Gasteiger partial charge in [0.25, 0.3) is 5.91 Å². The van der Waals surface area contributed by atoms with Gasteiger partial charge in [0, 0.05) is 8.78 Å². The first-order valence-electron chi connectivity index (χ1n) is 6.11. The van der Waals surface area contributed by atoms with E-state index in [4.69, 9.17) is 0 Å². The Bertz CT molecular complexity index is 788. The lowest BCUT2D eigenvalue weighted by molar-refractivity contribution is -0.394. The Kier molecular flexibility index (Phi) is 5.15. The lowest BCUT2D eigenvalue weighted by Crippen LogP contribution is -2.21. The lowest BCUT2D eigenvalue weighted by atomic mass is 10.2. The third-order valence-electron chi connectivity index (χ3n) is 2.53. The Balaban J connectivity index is 2.02. The molecule has 0 saturated carbocycles. The highest BCUT2D eigenvalue weighted by molar-refractivity contribution is 14.1. The number of amides is 1. The van der Waals surface area contributed by atoms with E-state index in [-0.39, 0.29) is 17.9 Å². The average molecular weight is 431 g/mol. The number of aromatic hydroxyl groups is 1. The quantitative estimate of drug-likeness (QED) is 0.306. The maximum Gasteiger partial charge on any atom is 0.514 e. The zero-order valence-corrected chi connectivity index (χ0v) is 13.8. The maximum absolute atomic E-state index is 11.9. The van der Waals surface area contributed by atoms with Crippen LogP contribution in [-0.2, 0) is 6.54 Å². The zero-order valence-electron chi connectivity index (χ0n) is 11.7. The fourth-order valence-electron chi connectivity index (χ4n) is 1.51. The number of carbonyl (C=O) groups excluding carboxylic acids is 1. The Morgan fingerprint density at radius 3 is 2.96 bits per heavy atom. The van der Waals surface area contributed by atoms with Crippen LogP contribution in [0.2, 0.25) is 0 Å². The summed E-state index contributed by atoms with van der Waals surface area (Å²) in [5.74, 6) is -1.37. The monoisotopic (exact) mass is 431 g/mol. The summed E-state index contributed by atoms with van der Waals surface area (Å²) in [6.07, 6.45) is 0.